The Morgan fingerprint density at radius 2 is 1.97 bits per heavy atom. The number of methoxy groups -OCH3 is 1. The minimum Gasteiger partial charge on any atom is -0.493 e. The normalized spacial score (nSPS) is 16.4. The summed E-state index contributed by atoms with van der Waals surface area (Å²) in [6.45, 7) is 5.80. The highest BCUT2D eigenvalue weighted by Crippen LogP contribution is 2.38. The molecule has 0 bridgehead atoms. The zero-order valence-electron chi connectivity index (χ0n) is 17.7. The van der Waals surface area contributed by atoms with Gasteiger partial charge in [-0.05, 0) is 67.9 Å². The van der Waals surface area contributed by atoms with Crippen molar-refractivity contribution in [2.45, 2.75) is 33.3 Å². The minimum absolute atomic E-state index is 0.0364. The van der Waals surface area contributed by atoms with E-state index in [0.717, 1.165) is 12.0 Å². The maximum absolute atomic E-state index is 13.2. The second-order valence-corrected chi connectivity index (χ2v) is 7.91. The molecule has 2 amide bonds. The van der Waals surface area contributed by atoms with Gasteiger partial charge in [0.05, 0.1) is 23.9 Å². The van der Waals surface area contributed by atoms with Gasteiger partial charge in [-0.15, -0.1) is 0 Å². The van der Waals surface area contributed by atoms with Gasteiger partial charge in [-0.2, -0.15) is 0 Å². The van der Waals surface area contributed by atoms with Crippen LogP contribution in [0.2, 0.25) is 5.02 Å². The van der Waals surface area contributed by atoms with Crippen LogP contribution in [-0.4, -0.2) is 30.1 Å². The molecule has 0 spiro atoms. The summed E-state index contributed by atoms with van der Waals surface area (Å²) in [7, 11) is 1.50. The van der Waals surface area contributed by atoms with Gasteiger partial charge in [0.15, 0.2) is 16.6 Å². The number of carbonyl (C=O) groups is 2. The molecule has 2 aromatic carbocycles. The molecule has 6 nitrogen and oxygen atoms in total. The zero-order valence-corrected chi connectivity index (χ0v) is 19.3. The number of anilines is 1. The van der Waals surface area contributed by atoms with Crippen LogP contribution in [0.15, 0.2) is 42.0 Å². The minimum atomic E-state index is -0.574. The summed E-state index contributed by atoms with van der Waals surface area (Å²) in [6.07, 6.45) is 2.21. The molecule has 1 aliphatic rings. The molecule has 0 radical (unpaired) electrons. The number of rotatable bonds is 6. The van der Waals surface area contributed by atoms with Crippen molar-refractivity contribution in [2.24, 2.45) is 0 Å². The molecule has 1 atom stereocenters. The first-order chi connectivity index (χ1) is 14.8. The molecular weight excluding hydrogens is 436 g/mol. The third-order valence-electron chi connectivity index (χ3n) is 4.91. The molecule has 8 heteroatoms. The lowest BCUT2D eigenvalue weighted by atomic mass is 10.1. The fourth-order valence-corrected chi connectivity index (χ4v) is 3.62. The smallest absolute Gasteiger partial charge is 0.270 e. The van der Waals surface area contributed by atoms with Crippen molar-refractivity contribution in [3.05, 3.63) is 58.1 Å². The standard InChI is InChI=1S/C23H23ClN2O4S/c1-5-14(3)30-20-17(24)11-15(12-19(20)29-4)10-16-21(27)25-23(31)26(22(16)28)18-9-7-6-8-13(18)2/h6-12,14H,5H2,1-4H3,(H,25,27,31). The van der Waals surface area contributed by atoms with E-state index < -0.39 is 11.8 Å². The maximum Gasteiger partial charge on any atom is 0.270 e. The molecule has 0 saturated carbocycles. The van der Waals surface area contributed by atoms with E-state index in [-0.39, 0.29) is 16.8 Å². The first kappa shape index (κ1) is 22.8. The Labute approximate surface area is 191 Å². The van der Waals surface area contributed by atoms with Crippen LogP contribution in [0.4, 0.5) is 5.69 Å². The van der Waals surface area contributed by atoms with Crippen LogP contribution >= 0.6 is 23.8 Å². The van der Waals surface area contributed by atoms with Crippen molar-refractivity contribution in [1.29, 1.82) is 0 Å². The second-order valence-electron chi connectivity index (χ2n) is 7.12. The summed E-state index contributed by atoms with van der Waals surface area (Å²) in [5.74, 6) is -0.259. The summed E-state index contributed by atoms with van der Waals surface area (Å²) in [5, 5.41) is 2.94. The van der Waals surface area contributed by atoms with Crippen LogP contribution in [0.5, 0.6) is 11.5 Å². The largest absolute Gasteiger partial charge is 0.493 e. The number of hydrogen-bond acceptors (Lipinski definition) is 5. The quantitative estimate of drug-likeness (QED) is 0.387. The van der Waals surface area contributed by atoms with E-state index >= 15 is 0 Å². The molecule has 3 rings (SSSR count). The summed E-state index contributed by atoms with van der Waals surface area (Å²) in [6, 6.07) is 10.6. The molecule has 2 aromatic rings. The molecule has 1 fully saturated rings. The maximum atomic E-state index is 13.2. The summed E-state index contributed by atoms with van der Waals surface area (Å²) in [5.41, 5.74) is 1.92. The van der Waals surface area contributed by atoms with Crippen LogP contribution < -0.4 is 19.7 Å². The van der Waals surface area contributed by atoms with Gasteiger partial charge < -0.3 is 9.47 Å². The van der Waals surface area contributed by atoms with Gasteiger partial charge in [-0.3, -0.25) is 19.8 Å². The Hall–Kier alpha value is -2.90. The molecule has 162 valence electrons. The van der Waals surface area contributed by atoms with Crippen LogP contribution in [0.3, 0.4) is 0 Å². The fraction of sp³-hybridized carbons (Fsp3) is 0.261. The highest BCUT2D eigenvalue weighted by molar-refractivity contribution is 7.80. The highest BCUT2D eigenvalue weighted by Gasteiger charge is 2.35. The van der Waals surface area contributed by atoms with Crippen molar-refractivity contribution in [3.63, 3.8) is 0 Å². The van der Waals surface area contributed by atoms with Crippen LogP contribution in [-0.2, 0) is 9.59 Å². The lowest BCUT2D eigenvalue weighted by Crippen LogP contribution is -2.54. The molecule has 1 heterocycles. The molecular formula is C23H23ClN2O4S. The number of aryl methyl sites for hydroxylation is 1. The first-order valence-electron chi connectivity index (χ1n) is 9.78. The zero-order chi connectivity index (χ0) is 22.7. The summed E-state index contributed by atoms with van der Waals surface area (Å²) >= 11 is 11.7. The second kappa shape index (κ2) is 9.49. The van der Waals surface area contributed by atoms with Crippen LogP contribution in [0.1, 0.15) is 31.4 Å². The average Bonchev–Trinajstić information content (AvgIpc) is 2.73. The monoisotopic (exact) mass is 458 g/mol. The molecule has 1 saturated heterocycles. The SMILES string of the molecule is CCC(C)Oc1c(Cl)cc(C=C2C(=O)NC(=S)N(c3ccccc3C)C2=O)cc1OC. The summed E-state index contributed by atoms with van der Waals surface area (Å²) < 4.78 is 11.3. The van der Waals surface area contributed by atoms with E-state index in [4.69, 9.17) is 33.3 Å². The number of thiocarbonyl (C=S) groups is 1. The van der Waals surface area contributed by atoms with Gasteiger partial charge in [-0.1, -0.05) is 36.7 Å². The number of nitrogens with zero attached hydrogens (tertiary/aromatic N) is 1. The highest BCUT2D eigenvalue weighted by atomic mass is 35.5. The number of carbonyl (C=O) groups excluding carboxylic acids is 2. The predicted molar refractivity (Wildman–Crippen MR) is 126 cm³/mol. The lowest BCUT2D eigenvalue weighted by Gasteiger charge is -2.30. The van der Waals surface area contributed by atoms with E-state index in [9.17, 15) is 9.59 Å². The van der Waals surface area contributed by atoms with Crippen molar-refractivity contribution < 1.29 is 19.1 Å². The first-order valence-corrected chi connectivity index (χ1v) is 10.6. The Kier molecular flexibility index (Phi) is 6.97. The van der Waals surface area contributed by atoms with Gasteiger partial charge in [0.2, 0.25) is 0 Å². The number of ether oxygens (including phenoxy) is 2. The Morgan fingerprint density at radius 1 is 1.26 bits per heavy atom. The van der Waals surface area contributed by atoms with Crippen molar-refractivity contribution in [1.82, 2.24) is 5.32 Å². The van der Waals surface area contributed by atoms with E-state index in [1.165, 1.54) is 18.1 Å². The van der Waals surface area contributed by atoms with E-state index in [0.29, 0.717) is 27.8 Å². The van der Waals surface area contributed by atoms with Crippen LogP contribution in [0.25, 0.3) is 6.08 Å². The Bertz CT molecular complexity index is 1080. The number of para-hydroxylation sites is 1. The fourth-order valence-electron chi connectivity index (χ4n) is 3.08. The van der Waals surface area contributed by atoms with Crippen molar-refractivity contribution in [2.75, 3.05) is 12.0 Å². The topological polar surface area (TPSA) is 67.9 Å². The number of nitrogens with one attached hydrogen (secondary N) is 1. The number of amides is 2. The van der Waals surface area contributed by atoms with Gasteiger partial charge in [-0.25, -0.2) is 0 Å². The third-order valence-corrected chi connectivity index (χ3v) is 5.48. The lowest BCUT2D eigenvalue weighted by molar-refractivity contribution is -0.122. The molecule has 31 heavy (non-hydrogen) atoms. The van der Waals surface area contributed by atoms with Gasteiger partial charge in [0.25, 0.3) is 11.8 Å². The van der Waals surface area contributed by atoms with Gasteiger partial charge in [0, 0.05) is 0 Å². The number of hydrogen-bond donors (Lipinski definition) is 1. The van der Waals surface area contributed by atoms with Crippen LogP contribution in [0, 0.1) is 6.92 Å². The van der Waals surface area contributed by atoms with E-state index in [1.54, 1.807) is 24.3 Å². The van der Waals surface area contributed by atoms with Crippen molar-refractivity contribution in [3.8, 4) is 11.5 Å². The molecule has 1 aliphatic heterocycles. The molecule has 1 unspecified atom stereocenters. The molecule has 0 aliphatic carbocycles. The van der Waals surface area contributed by atoms with Gasteiger partial charge in [0.1, 0.15) is 5.57 Å². The predicted octanol–water partition coefficient (Wildman–Crippen LogP) is 4.67. The Balaban J connectivity index is 2.03. The Morgan fingerprint density at radius 3 is 2.61 bits per heavy atom. The van der Waals surface area contributed by atoms with E-state index in [1.807, 2.05) is 32.9 Å². The average molecular weight is 459 g/mol. The van der Waals surface area contributed by atoms with Gasteiger partial charge >= 0.3 is 0 Å². The molecule has 0 aromatic heterocycles. The number of benzene rings is 2. The van der Waals surface area contributed by atoms with E-state index in [2.05, 4.69) is 5.32 Å². The molecule has 1 N–H and O–H groups in total. The third kappa shape index (κ3) is 4.73. The summed E-state index contributed by atoms with van der Waals surface area (Å²) in [4.78, 5) is 27.1. The number of halogens is 1. The van der Waals surface area contributed by atoms with Crippen molar-refractivity contribution >= 4 is 52.5 Å².